The third-order valence-electron chi connectivity index (χ3n) is 4.94. The van der Waals surface area contributed by atoms with Gasteiger partial charge in [0.25, 0.3) is 0 Å². The molecule has 0 bridgehead atoms. The van der Waals surface area contributed by atoms with E-state index in [2.05, 4.69) is 15.7 Å². The fourth-order valence-electron chi connectivity index (χ4n) is 3.28. The van der Waals surface area contributed by atoms with Gasteiger partial charge in [-0.05, 0) is 48.4 Å². The van der Waals surface area contributed by atoms with Gasteiger partial charge in [0, 0.05) is 30.3 Å². The van der Waals surface area contributed by atoms with Gasteiger partial charge in [0.2, 0.25) is 11.8 Å². The maximum atomic E-state index is 12.9. The molecule has 0 saturated carbocycles. The van der Waals surface area contributed by atoms with Crippen LogP contribution in [0.1, 0.15) is 17.5 Å². The number of halogens is 3. The minimum atomic E-state index is -4.49. The molecule has 2 aromatic carbocycles. The first-order chi connectivity index (χ1) is 15.3. The number of carbonyl (C=O) groups is 2. The molecule has 1 aromatic heterocycles. The van der Waals surface area contributed by atoms with Gasteiger partial charge in [-0.25, -0.2) is 4.68 Å². The van der Waals surface area contributed by atoms with E-state index in [4.69, 9.17) is 0 Å². The Hall–Kier alpha value is -3.27. The Morgan fingerprint density at radius 1 is 1.19 bits per heavy atom. The van der Waals surface area contributed by atoms with Crippen LogP contribution in [0.2, 0.25) is 0 Å². The fraction of sp³-hybridized carbons (Fsp3) is 0.227. The van der Waals surface area contributed by atoms with E-state index in [0.717, 1.165) is 35.1 Å². The second-order valence-corrected chi connectivity index (χ2v) is 8.47. The molecule has 0 fully saturated rings. The van der Waals surface area contributed by atoms with Gasteiger partial charge in [-0.3, -0.25) is 9.59 Å². The lowest BCUT2D eigenvalue weighted by molar-refractivity contribution is -0.137. The summed E-state index contributed by atoms with van der Waals surface area (Å²) >= 11 is 1.09. The lowest BCUT2D eigenvalue weighted by atomic mass is 10.1. The molecule has 1 aliphatic rings. The van der Waals surface area contributed by atoms with Crippen LogP contribution < -0.4 is 10.6 Å². The Bertz CT molecular complexity index is 1120. The average molecular weight is 460 g/mol. The van der Waals surface area contributed by atoms with Crippen LogP contribution in [-0.2, 0) is 22.2 Å². The van der Waals surface area contributed by atoms with E-state index in [1.807, 2.05) is 36.5 Å². The van der Waals surface area contributed by atoms with Gasteiger partial charge in [-0.1, -0.05) is 12.1 Å². The van der Waals surface area contributed by atoms with Gasteiger partial charge in [0.15, 0.2) is 0 Å². The van der Waals surface area contributed by atoms with Crippen LogP contribution in [-0.4, -0.2) is 33.4 Å². The molecule has 6 nitrogen and oxygen atoms in total. The molecule has 2 heterocycles. The summed E-state index contributed by atoms with van der Waals surface area (Å²) in [5.74, 6) is -0.771. The van der Waals surface area contributed by atoms with E-state index >= 15 is 0 Å². The van der Waals surface area contributed by atoms with Crippen molar-refractivity contribution in [2.75, 3.05) is 11.9 Å². The molecule has 1 atom stereocenters. The topological polar surface area (TPSA) is 76.0 Å². The molecule has 0 radical (unpaired) electrons. The molecular formula is C22H19F3N4O2S. The Morgan fingerprint density at radius 3 is 2.66 bits per heavy atom. The third-order valence-corrected chi connectivity index (χ3v) is 6.21. The normalized spacial score (nSPS) is 15.7. The number of nitrogens with one attached hydrogen (secondary N) is 2. The first kappa shape index (κ1) is 21.9. The molecular weight excluding hydrogens is 441 g/mol. The van der Waals surface area contributed by atoms with Gasteiger partial charge >= 0.3 is 6.18 Å². The van der Waals surface area contributed by atoms with E-state index in [0.29, 0.717) is 17.9 Å². The zero-order chi connectivity index (χ0) is 22.7. The van der Waals surface area contributed by atoms with Gasteiger partial charge in [0.1, 0.15) is 0 Å². The Labute approximate surface area is 186 Å². The van der Waals surface area contributed by atoms with E-state index in [-0.39, 0.29) is 18.0 Å². The standard InChI is InChI=1S/C22H19F3N4O2S/c23-22(24,25)15-4-7-18-17(12-15)28-21(31)19(32-18)13-20(30)26-10-8-14-2-5-16(6-3-14)29-11-1-9-27-29/h1-7,9,11-12,19H,8,10,13H2,(H,26,30)(H,28,31). The van der Waals surface area contributed by atoms with Crippen molar-refractivity contribution in [1.82, 2.24) is 15.1 Å². The van der Waals surface area contributed by atoms with Crippen molar-refractivity contribution in [2.45, 2.75) is 29.2 Å². The molecule has 4 rings (SSSR count). The Kier molecular flexibility index (Phi) is 6.22. The molecule has 32 heavy (non-hydrogen) atoms. The summed E-state index contributed by atoms with van der Waals surface area (Å²) in [6.07, 6.45) is -0.372. The van der Waals surface area contributed by atoms with Crippen molar-refractivity contribution >= 4 is 29.3 Å². The summed E-state index contributed by atoms with van der Waals surface area (Å²) in [4.78, 5) is 25.1. The second-order valence-electron chi connectivity index (χ2n) is 7.23. The monoisotopic (exact) mass is 460 g/mol. The summed E-state index contributed by atoms with van der Waals surface area (Å²) < 4.78 is 40.3. The van der Waals surface area contributed by atoms with Crippen molar-refractivity contribution in [3.05, 3.63) is 72.1 Å². The predicted octanol–water partition coefficient (Wildman–Crippen LogP) is 4.05. The molecule has 10 heteroatoms. The molecule has 2 N–H and O–H groups in total. The van der Waals surface area contributed by atoms with Gasteiger partial charge in [0.05, 0.1) is 22.2 Å². The number of alkyl halides is 3. The molecule has 2 amide bonds. The van der Waals surface area contributed by atoms with Crippen LogP contribution in [0.5, 0.6) is 0 Å². The highest BCUT2D eigenvalue weighted by Crippen LogP contribution is 2.40. The van der Waals surface area contributed by atoms with E-state index in [1.165, 1.54) is 6.07 Å². The maximum absolute atomic E-state index is 12.9. The molecule has 0 spiro atoms. The van der Waals surface area contributed by atoms with Gasteiger partial charge < -0.3 is 10.6 Å². The van der Waals surface area contributed by atoms with Crippen LogP contribution >= 0.6 is 11.8 Å². The second kappa shape index (κ2) is 9.07. The van der Waals surface area contributed by atoms with Crippen molar-refractivity contribution in [2.24, 2.45) is 0 Å². The highest BCUT2D eigenvalue weighted by Gasteiger charge is 2.34. The minimum absolute atomic E-state index is 0.0603. The number of rotatable bonds is 6. The maximum Gasteiger partial charge on any atom is 0.416 e. The summed E-state index contributed by atoms with van der Waals surface area (Å²) in [6.45, 7) is 0.407. The van der Waals surface area contributed by atoms with Gasteiger partial charge in [-0.15, -0.1) is 11.8 Å². The zero-order valence-electron chi connectivity index (χ0n) is 16.7. The van der Waals surface area contributed by atoms with E-state index in [1.54, 1.807) is 10.9 Å². The van der Waals surface area contributed by atoms with Gasteiger partial charge in [-0.2, -0.15) is 18.3 Å². The molecule has 0 aliphatic carbocycles. The number of amides is 2. The summed E-state index contributed by atoms with van der Waals surface area (Å²) in [7, 11) is 0. The number of hydrogen-bond donors (Lipinski definition) is 2. The molecule has 1 unspecified atom stereocenters. The quantitative estimate of drug-likeness (QED) is 0.582. The van der Waals surface area contributed by atoms with Crippen molar-refractivity contribution in [1.29, 1.82) is 0 Å². The van der Waals surface area contributed by atoms with Crippen LogP contribution in [0, 0.1) is 0 Å². The molecule has 1 aliphatic heterocycles. The molecule has 166 valence electrons. The average Bonchev–Trinajstić information content (AvgIpc) is 3.29. The number of thioether (sulfide) groups is 1. The highest BCUT2D eigenvalue weighted by molar-refractivity contribution is 8.01. The number of carbonyl (C=O) groups excluding carboxylic acids is 2. The first-order valence-electron chi connectivity index (χ1n) is 9.84. The first-order valence-corrected chi connectivity index (χ1v) is 10.7. The number of anilines is 1. The zero-order valence-corrected chi connectivity index (χ0v) is 17.5. The molecule has 0 saturated heterocycles. The SMILES string of the molecule is O=C(CC1Sc2ccc(C(F)(F)F)cc2NC1=O)NCCc1ccc(-n2cccn2)cc1. The number of hydrogen-bond acceptors (Lipinski definition) is 4. The number of aromatic nitrogens is 2. The smallest absolute Gasteiger partial charge is 0.356 e. The number of nitrogens with zero attached hydrogens (tertiary/aromatic N) is 2. The van der Waals surface area contributed by atoms with Crippen LogP contribution in [0.15, 0.2) is 65.8 Å². The van der Waals surface area contributed by atoms with Crippen molar-refractivity contribution < 1.29 is 22.8 Å². The van der Waals surface area contributed by atoms with E-state index in [9.17, 15) is 22.8 Å². The van der Waals surface area contributed by atoms with E-state index < -0.39 is 22.9 Å². The van der Waals surface area contributed by atoms with Crippen molar-refractivity contribution in [3.8, 4) is 5.69 Å². The van der Waals surface area contributed by atoms with Crippen LogP contribution in [0.25, 0.3) is 5.69 Å². The van der Waals surface area contributed by atoms with Crippen LogP contribution in [0.4, 0.5) is 18.9 Å². The summed E-state index contributed by atoms with van der Waals surface area (Å²) in [6, 6.07) is 12.8. The molecule has 3 aromatic rings. The van der Waals surface area contributed by atoms with Crippen LogP contribution in [0.3, 0.4) is 0 Å². The fourth-order valence-corrected chi connectivity index (χ4v) is 4.38. The number of benzene rings is 2. The summed E-state index contributed by atoms with van der Waals surface area (Å²) in [5, 5.41) is 8.74. The summed E-state index contributed by atoms with van der Waals surface area (Å²) in [5.41, 5.74) is 1.27. The Morgan fingerprint density at radius 2 is 1.97 bits per heavy atom. The van der Waals surface area contributed by atoms with Crippen molar-refractivity contribution in [3.63, 3.8) is 0 Å². The Balaban J connectivity index is 1.27. The highest BCUT2D eigenvalue weighted by atomic mass is 32.2. The third kappa shape index (κ3) is 5.13. The lowest BCUT2D eigenvalue weighted by Gasteiger charge is -2.24. The minimum Gasteiger partial charge on any atom is -0.356 e. The largest absolute Gasteiger partial charge is 0.416 e. The predicted molar refractivity (Wildman–Crippen MR) is 115 cm³/mol. The lowest BCUT2D eigenvalue weighted by Crippen LogP contribution is -2.35. The number of fused-ring (bicyclic) bond motifs is 1.